The fraction of sp³-hybridized carbons (Fsp3) is 0.444. The van der Waals surface area contributed by atoms with E-state index in [2.05, 4.69) is 32.0 Å². The third-order valence-electron chi connectivity index (χ3n) is 3.41. The van der Waals surface area contributed by atoms with Crippen molar-refractivity contribution in [3.05, 3.63) is 46.6 Å². The molecule has 1 heterocycles. The van der Waals surface area contributed by atoms with Gasteiger partial charge >= 0.3 is 6.09 Å². The number of hydrogen-bond donors (Lipinski definition) is 3. The summed E-state index contributed by atoms with van der Waals surface area (Å²) in [5.41, 5.74) is 2.95. The number of rotatable bonds is 6. The van der Waals surface area contributed by atoms with Gasteiger partial charge in [0.15, 0.2) is 0 Å². The van der Waals surface area contributed by atoms with Crippen LogP contribution in [-0.2, 0) is 20.8 Å². The number of hydroxylamine groups is 1. The Hall–Kier alpha value is -2.06. The van der Waals surface area contributed by atoms with Gasteiger partial charge in [0.05, 0.1) is 6.54 Å². The highest BCUT2D eigenvalue weighted by atomic mass is 79.9. The van der Waals surface area contributed by atoms with E-state index in [1.165, 1.54) is 0 Å². The van der Waals surface area contributed by atoms with Gasteiger partial charge in [0, 0.05) is 6.42 Å². The molecule has 2 rings (SSSR count). The lowest BCUT2D eigenvalue weighted by Crippen LogP contribution is -2.50. The molecule has 3 N–H and O–H groups in total. The Morgan fingerprint density at radius 1 is 1.31 bits per heavy atom. The molecule has 1 aliphatic heterocycles. The zero-order valence-corrected chi connectivity index (χ0v) is 16.6. The zero-order valence-electron chi connectivity index (χ0n) is 15.0. The summed E-state index contributed by atoms with van der Waals surface area (Å²) >= 11 is 3.26. The van der Waals surface area contributed by atoms with Gasteiger partial charge in [-0.15, -0.1) is 0 Å². The van der Waals surface area contributed by atoms with Gasteiger partial charge in [0.2, 0.25) is 5.91 Å². The highest BCUT2D eigenvalue weighted by Gasteiger charge is 2.25. The molecule has 8 heteroatoms. The van der Waals surface area contributed by atoms with Gasteiger partial charge in [-0.1, -0.05) is 30.3 Å². The second kappa shape index (κ2) is 9.05. The monoisotopic (exact) mass is 425 g/mol. The van der Waals surface area contributed by atoms with E-state index in [0.717, 1.165) is 5.56 Å². The summed E-state index contributed by atoms with van der Waals surface area (Å²) in [5.74, 6) is -0.306. The quantitative estimate of drug-likeness (QED) is 0.608. The molecule has 0 fully saturated rings. The SMILES string of the molecule is CC(C)(C)OC(=O)N[C@@H](Cc1ccccc1)C(=O)NCC1C=C(Br)NO1. The van der Waals surface area contributed by atoms with E-state index >= 15 is 0 Å². The number of hydrogen-bond acceptors (Lipinski definition) is 5. The van der Waals surface area contributed by atoms with Crippen molar-refractivity contribution in [1.29, 1.82) is 0 Å². The van der Waals surface area contributed by atoms with Crippen LogP contribution in [0.15, 0.2) is 41.0 Å². The summed E-state index contributed by atoms with van der Waals surface area (Å²) in [6, 6.07) is 8.72. The van der Waals surface area contributed by atoms with Gasteiger partial charge < -0.3 is 15.4 Å². The van der Waals surface area contributed by atoms with Gasteiger partial charge in [-0.25, -0.2) is 4.79 Å². The molecular weight excluding hydrogens is 402 g/mol. The molecular formula is C18H24BrN3O4. The standard InChI is InChI=1S/C18H24BrN3O4/c1-18(2,3)25-17(24)21-14(9-12-7-5-4-6-8-12)16(23)20-11-13-10-15(19)22-26-13/h4-8,10,13-14,22H,9,11H2,1-3H3,(H,20,23)(H,21,24)/t13?,14-/m0/s1. The Morgan fingerprint density at radius 3 is 2.58 bits per heavy atom. The maximum atomic E-state index is 12.6. The summed E-state index contributed by atoms with van der Waals surface area (Å²) in [6.07, 6.45) is 1.24. The van der Waals surface area contributed by atoms with Crippen molar-refractivity contribution < 1.29 is 19.2 Å². The average molecular weight is 426 g/mol. The van der Waals surface area contributed by atoms with Crippen LogP contribution in [0.2, 0.25) is 0 Å². The van der Waals surface area contributed by atoms with Crippen molar-refractivity contribution in [2.75, 3.05) is 6.54 Å². The first-order valence-electron chi connectivity index (χ1n) is 8.33. The molecule has 142 valence electrons. The summed E-state index contributed by atoms with van der Waals surface area (Å²) in [6.45, 7) is 5.59. The number of halogens is 1. The van der Waals surface area contributed by atoms with Crippen LogP contribution in [0.5, 0.6) is 0 Å². The van der Waals surface area contributed by atoms with Gasteiger partial charge in [-0.2, -0.15) is 0 Å². The number of alkyl carbamates (subject to hydrolysis) is 1. The fourth-order valence-electron chi connectivity index (χ4n) is 2.30. The Bertz CT molecular complexity index is 658. The first kappa shape index (κ1) is 20.3. The highest BCUT2D eigenvalue weighted by Crippen LogP contribution is 2.12. The van der Waals surface area contributed by atoms with Crippen LogP contribution < -0.4 is 16.1 Å². The van der Waals surface area contributed by atoms with Crippen LogP contribution in [0.25, 0.3) is 0 Å². The summed E-state index contributed by atoms with van der Waals surface area (Å²) in [7, 11) is 0. The van der Waals surface area contributed by atoms with E-state index in [-0.39, 0.29) is 18.6 Å². The Labute approximate surface area is 161 Å². The average Bonchev–Trinajstić information content (AvgIpc) is 2.96. The summed E-state index contributed by atoms with van der Waals surface area (Å²) in [5, 5.41) is 5.45. The first-order chi connectivity index (χ1) is 12.2. The summed E-state index contributed by atoms with van der Waals surface area (Å²) < 4.78 is 5.98. The predicted molar refractivity (Wildman–Crippen MR) is 101 cm³/mol. The predicted octanol–water partition coefficient (Wildman–Crippen LogP) is 2.38. The molecule has 0 saturated heterocycles. The second-order valence-corrected chi connectivity index (χ2v) is 7.76. The molecule has 1 aromatic rings. The van der Waals surface area contributed by atoms with Crippen LogP contribution >= 0.6 is 15.9 Å². The minimum atomic E-state index is -0.756. The first-order valence-corrected chi connectivity index (χ1v) is 9.12. The topological polar surface area (TPSA) is 88.7 Å². The molecule has 0 radical (unpaired) electrons. The molecule has 26 heavy (non-hydrogen) atoms. The lowest BCUT2D eigenvalue weighted by atomic mass is 10.1. The van der Waals surface area contributed by atoms with E-state index in [0.29, 0.717) is 11.0 Å². The van der Waals surface area contributed by atoms with Gasteiger partial charge in [-0.05, 0) is 48.3 Å². The van der Waals surface area contributed by atoms with Crippen molar-refractivity contribution >= 4 is 27.9 Å². The van der Waals surface area contributed by atoms with Crippen LogP contribution in [0.4, 0.5) is 4.79 Å². The van der Waals surface area contributed by atoms with Crippen LogP contribution in [-0.4, -0.2) is 36.3 Å². The normalized spacial score (nSPS) is 17.7. The minimum absolute atomic E-state index is 0.280. The molecule has 1 unspecified atom stereocenters. The van der Waals surface area contributed by atoms with E-state index in [1.807, 2.05) is 30.3 Å². The molecule has 0 saturated carbocycles. The molecule has 0 aliphatic carbocycles. The third-order valence-corrected chi connectivity index (χ3v) is 3.83. The number of amides is 2. The fourth-order valence-corrected chi connectivity index (χ4v) is 2.69. The number of benzene rings is 1. The third kappa shape index (κ3) is 7.05. The second-order valence-electron chi connectivity index (χ2n) is 6.91. The maximum absolute atomic E-state index is 12.6. The van der Waals surface area contributed by atoms with Crippen molar-refractivity contribution in [3.8, 4) is 0 Å². The van der Waals surface area contributed by atoms with E-state index < -0.39 is 17.7 Å². The molecule has 2 amide bonds. The number of nitrogens with one attached hydrogen (secondary N) is 3. The van der Waals surface area contributed by atoms with Crippen molar-refractivity contribution in [2.45, 2.75) is 44.9 Å². The Kier molecular flexibility index (Phi) is 7.05. The summed E-state index contributed by atoms with van der Waals surface area (Å²) in [4.78, 5) is 29.9. The van der Waals surface area contributed by atoms with E-state index in [9.17, 15) is 9.59 Å². The molecule has 1 aliphatic rings. The van der Waals surface area contributed by atoms with Gasteiger partial charge in [0.25, 0.3) is 0 Å². The molecule has 0 bridgehead atoms. The van der Waals surface area contributed by atoms with E-state index in [1.54, 1.807) is 26.8 Å². The lowest BCUT2D eigenvalue weighted by molar-refractivity contribution is -0.123. The Morgan fingerprint density at radius 2 is 2.00 bits per heavy atom. The molecule has 0 spiro atoms. The highest BCUT2D eigenvalue weighted by molar-refractivity contribution is 9.11. The minimum Gasteiger partial charge on any atom is -0.444 e. The van der Waals surface area contributed by atoms with Crippen LogP contribution in [0, 0.1) is 0 Å². The molecule has 7 nitrogen and oxygen atoms in total. The number of ether oxygens (including phenoxy) is 1. The van der Waals surface area contributed by atoms with Gasteiger partial charge in [-0.3, -0.25) is 15.1 Å². The lowest BCUT2D eigenvalue weighted by Gasteiger charge is -2.23. The molecule has 1 aromatic carbocycles. The number of carbonyl (C=O) groups is 2. The van der Waals surface area contributed by atoms with Crippen molar-refractivity contribution in [3.63, 3.8) is 0 Å². The maximum Gasteiger partial charge on any atom is 0.408 e. The molecule has 2 atom stereocenters. The largest absolute Gasteiger partial charge is 0.444 e. The molecule has 0 aromatic heterocycles. The van der Waals surface area contributed by atoms with Crippen LogP contribution in [0.1, 0.15) is 26.3 Å². The van der Waals surface area contributed by atoms with E-state index in [4.69, 9.17) is 9.57 Å². The van der Waals surface area contributed by atoms with Crippen LogP contribution in [0.3, 0.4) is 0 Å². The van der Waals surface area contributed by atoms with Crippen molar-refractivity contribution in [2.24, 2.45) is 0 Å². The number of carbonyl (C=O) groups excluding carboxylic acids is 2. The smallest absolute Gasteiger partial charge is 0.408 e. The Balaban J connectivity index is 1.99. The van der Waals surface area contributed by atoms with Gasteiger partial charge in [0.1, 0.15) is 22.4 Å². The van der Waals surface area contributed by atoms with Crippen molar-refractivity contribution in [1.82, 2.24) is 16.1 Å². The zero-order chi connectivity index (χ0) is 19.2.